The van der Waals surface area contributed by atoms with Gasteiger partial charge in [-0.25, -0.2) is 0 Å². The molecule has 2 bridgehead atoms. The molecule has 2 rings (SSSR count). The highest BCUT2D eigenvalue weighted by molar-refractivity contribution is 5.81. The summed E-state index contributed by atoms with van der Waals surface area (Å²) in [7, 11) is 0. The summed E-state index contributed by atoms with van der Waals surface area (Å²) >= 11 is 0. The Labute approximate surface area is 61.8 Å². The fraction of sp³-hybridized carbons (Fsp3) is 0.889. The Morgan fingerprint density at radius 2 is 2.10 bits per heavy atom. The fourth-order valence-electron chi connectivity index (χ4n) is 2.40. The van der Waals surface area contributed by atoms with Crippen molar-refractivity contribution in [2.24, 2.45) is 11.8 Å². The van der Waals surface area contributed by atoms with Gasteiger partial charge in [-0.15, -0.1) is 0 Å². The summed E-state index contributed by atoms with van der Waals surface area (Å²) in [6, 6.07) is 0. The molecule has 0 aromatic heterocycles. The molecule has 0 radical (unpaired) electrons. The topological polar surface area (TPSA) is 17.1 Å². The van der Waals surface area contributed by atoms with Gasteiger partial charge in [-0.05, 0) is 25.2 Å². The molecule has 1 heteroatoms. The van der Waals surface area contributed by atoms with Crippen LogP contribution in [0, 0.1) is 11.8 Å². The molecule has 2 aliphatic carbocycles. The average Bonchev–Trinajstić information content (AvgIpc) is 1.99. The van der Waals surface area contributed by atoms with Crippen molar-refractivity contribution in [3.63, 3.8) is 0 Å². The summed E-state index contributed by atoms with van der Waals surface area (Å²) in [5.41, 5.74) is 0. The summed E-state index contributed by atoms with van der Waals surface area (Å²) in [4.78, 5) is 11.2. The van der Waals surface area contributed by atoms with Crippen molar-refractivity contribution in [2.45, 2.75) is 38.5 Å². The Kier molecular flexibility index (Phi) is 1.51. The number of ketones is 1. The molecule has 56 valence electrons. The molecule has 0 amide bonds. The van der Waals surface area contributed by atoms with Crippen LogP contribution in [0.5, 0.6) is 0 Å². The number of carbonyl (C=O) groups excluding carboxylic acids is 1. The maximum absolute atomic E-state index is 11.2. The van der Waals surface area contributed by atoms with Gasteiger partial charge in [0.25, 0.3) is 0 Å². The summed E-state index contributed by atoms with van der Waals surface area (Å²) in [6.07, 6.45) is 7.18. The van der Waals surface area contributed by atoms with Crippen molar-refractivity contribution in [3.05, 3.63) is 0 Å². The minimum Gasteiger partial charge on any atom is -0.299 e. The summed E-state index contributed by atoms with van der Waals surface area (Å²) in [5.74, 6) is 1.94. The molecule has 0 saturated heterocycles. The van der Waals surface area contributed by atoms with Crippen molar-refractivity contribution < 1.29 is 4.79 Å². The largest absolute Gasteiger partial charge is 0.299 e. The van der Waals surface area contributed by atoms with Gasteiger partial charge < -0.3 is 0 Å². The number of Topliss-reactive ketones (excluding diaryl/α,β-unsaturated/α-hetero) is 1. The lowest BCUT2D eigenvalue weighted by molar-refractivity contribution is -0.127. The van der Waals surface area contributed by atoms with Gasteiger partial charge in [0.1, 0.15) is 5.78 Å². The minimum atomic E-state index is 0.479. The van der Waals surface area contributed by atoms with E-state index in [4.69, 9.17) is 0 Å². The SMILES string of the molecule is O=C1CC[C@@H]2CCC[C@@H]1C2. The second-order valence-corrected chi connectivity index (χ2v) is 3.73. The lowest BCUT2D eigenvalue weighted by Gasteiger charge is -2.32. The van der Waals surface area contributed by atoms with E-state index >= 15 is 0 Å². The molecule has 0 aliphatic heterocycles. The quantitative estimate of drug-likeness (QED) is 0.501. The van der Waals surface area contributed by atoms with Crippen LogP contribution in [0.2, 0.25) is 0 Å². The highest BCUT2D eigenvalue weighted by atomic mass is 16.1. The van der Waals surface area contributed by atoms with Crippen LogP contribution in [0.25, 0.3) is 0 Å². The van der Waals surface area contributed by atoms with E-state index in [-0.39, 0.29) is 0 Å². The zero-order valence-corrected chi connectivity index (χ0v) is 6.31. The molecule has 0 unspecified atom stereocenters. The molecule has 0 N–H and O–H groups in total. The highest BCUT2D eigenvalue weighted by Crippen LogP contribution is 2.37. The zero-order valence-electron chi connectivity index (χ0n) is 6.31. The van der Waals surface area contributed by atoms with Crippen molar-refractivity contribution >= 4 is 5.78 Å². The van der Waals surface area contributed by atoms with Crippen LogP contribution in [0.15, 0.2) is 0 Å². The second kappa shape index (κ2) is 2.37. The van der Waals surface area contributed by atoms with Crippen LogP contribution in [-0.4, -0.2) is 5.78 Å². The van der Waals surface area contributed by atoms with E-state index in [0.717, 1.165) is 12.3 Å². The molecule has 2 fully saturated rings. The summed E-state index contributed by atoms with van der Waals surface area (Å²) in [6.45, 7) is 0. The first-order valence-electron chi connectivity index (χ1n) is 4.39. The monoisotopic (exact) mass is 138 g/mol. The predicted octanol–water partition coefficient (Wildman–Crippen LogP) is 2.16. The Balaban J connectivity index is 2.07. The van der Waals surface area contributed by atoms with E-state index in [0.29, 0.717) is 11.7 Å². The van der Waals surface area contributed by atoms with Crippen molar-refractivity contribution in [2.75, 3.05) is 0 Å². The summed E-state index contributed by atoms with van der Waals surface area (Å²) in [5, 5.41) is 0. The molecule has 10 heavy (non-hydrogen) atoms. The number of rotatable bonds is 0. The van der Waals surface area contributed by atoms with E-state index < -0.39 is 0 Å². The summed E-state index contributed by atoms with van der Waals surface area (Å²) < 4.78 is 0. The first-order chi connectivity index (χ1) is 4.86. The van der Waals surface area contributed by atoms with Gasteiger partial charge in [0, 0.05) is 12.3 Å². The van der Waals surface area contributed by atoms with Crippen molar-refractivity contribution in [1.29, 1.82) is 0 Å². The number of hydrogen-bond donors (Lipinski definition) is 0. The fourth-order valence-corrected chi connectivity index (χ4v) is 2.40. The standard InChI is InChI=1S/C9H14O/c10-9-5-4-7-2-1-3-8(9)6-7/h7-8H,1-6H2/t7-,8+/m0/s1. The van der Waals surface area contributed by atoms with E-state index in [2.05, 4.69) is 0 Å². The third-order valence-electron chi connectivity index (χ3n) is 3.04. The minimum absolute atomic E-state index is 0.479. The van der Waals surface area contributed by atoms with Crippen molar-refractivity contribution in [3.8, 4) is 0 Å². The highest BCUT2D eigenvalue weighted by Gasteiger charge is 2.31. The van der Waals surface area contributed by atoms with E-state index in [1.54, 1.807) is 0 Å². The van der Waals surface area contributed by atoms with Gasteiger partial charge in [-0.3, -0.25) is 4.79 Å². The third kappa shape index (κ3) is 0.979. The zero-order chi connectivity index (χ0) is 6.97. The van der Waals surface area contributed by atoms with Gasteiger partial charge in [-0.2, -0.15) is 0 Å². The first-order valence-corrected chi connectivity index (χ1v) is 4.39. The lowest BCUT2D eigenvalue weighted by atomic mass is 9.72. The van der Waals surface area contributed by atoms with Crippen LogP contribution in [0.1, 0.15) is 38.5 Å². The van der Waals surface area contributed by atoms with E-state index in [1.807, 2.05) is 0 Å². The van der Waals surface area contributed by atoms with Gasteiger partial charge in [0.05, 0.1) is 0 Å². The normalized spacial score (nSPS) is 39.8. The van der Waals surface area contributed by atoms with Gasteiger partial charge in [-0.1, -0.05) is 12.8 Å². The van der Waals surface area contributed by atoms with E-state index in [9.17, 15) is 4.79 Å². The lowest BCUT2D eigenvalue weighted by Crippen LogP contribution is -2.28. The Morgan fingerprint density at radius 3 is 2.90 bits per heavy atom. The number of hydrogen-bond acceptors (Lipinski definition) is 1. The molecule has 2 aliphatic rings. The maximum Gasteiger partial charge on any atom is 0.135 e. The van der Waals surface area contributed by atoms with Crippen LogP contribution in [0.3, 0.4) is 0 Å². The van der Waals surface area contributed by atoms with E-state index in [1.165, 1.54) is 32.1 Å². The molecule has 2 saturated carbocycles. The molecule has 2 atom stereocenters. The van der Waals surface area contributed by atoms with Crippen LogP contribution in [0.4, 0.5) is 0 Å². The predicted molar refractivity (Wildman–Crippen MR) is 39.7 cm³/mol. The van der Waals surface area contributed by atoms with Crippen LogP contribution in [-0.2, 0) is 4.79 Å². The molecular weight excluding hydrogens is 124 g/mol. The molecule has 1 nitrogen and oxygen atoms in total. The molecule has 0 aromatic carbocycles. The molecule has 0 aromatic rings. The maximum atomic E-state index is 11.2. The van der Waals surface area contributed by atoms with Gasteiger partial charge in [0.2, 0.25) is 0 Å². The van der Waals surface area contributed by atoms with Gasteiger partial charge >= 0.3 is 0 Å². The first kappa shape index (κ1) is 6.38. The number of fused-ring (bicyclic) bond motifs is 2. The Bertz CT molecular complexity index is 151. The van der Waals surface area contributed by atoms with Crippen LogP contribution < -0.4 is 0 Å². The second-order valence-electron chi connectivity index (χ2n) is 3.73. The molecule has 0 spiro atoms. The third-order valence-corrected chi connectivity index (χ3v) is 3.04. The average molecular weight is 138 g/mol. The molecule has 0 heterocycles. The number of carbonyl (C=O) groups is 1. The molecular formula is C9H14O. The Hall–Kier alpha value is -0.330. The van der Waals surface area contributed by atoms with Crippen molar-refractivity contribution in [1.82, 2.24) is 0 Å². The smallest absolute Gasteiger partial charge is 0.135 e. The van der Waals surface area contributed by atoms with Gasteiger partial charge in [0.15, 0.2) is 0 Å². The van der Waals surface area contributed by atoms with Crippen LogP contribution >= 0.6 is 0 Å². The Morgan fingerprint density at radius 1 is 1.20 bits per heavy atom.